The molecule has 1 amide bonds. The highest BCUT2D eigenvalue weighted by molar-refractivity contribution is 7.92. The Hall–Kier alpha value is -4.04. The number of nitrogens with zero attached hydrogens (tertiary/aromatic N) is 1. The quantitative estimate of drug-likeness (QED) is 0.349. The Balaban J connectivity index is 1.68. The fourth-order valence-corrected chi connectivity index (χ4v) is 5.27. The highest BCUT2D eigenvalue weighted by Crippen LogP contribution is 2.26. The van der Waals surface area contributed by atoms with E-state index in [2.05, 4.69) is 5.32 Å². The highest BCUT2D eigenvalue weighted by atomic mass is 32.2. The van der Waals surface area contributed by atoms with Gasteiger partial charge in [0.1, 0.15) is 18.2 Å². The van der Waals surface area contributed by atoms with E-state index in [1.165, 1.54) is 12.1 Å². The lowest BCUT2D eigenvalue weighted by Gasteiger charge is -2.26. The van der Waals surface area contributed by atoms with Crippen LogP contribution in [0.1, 0.15) is 22.7 Å². The summed E-state index contributed by atoms with van der Waals surface area (Å²) in [5, 5.41) is 2.94. The Bertz CT molecular complexity index is 1440. The summed E-state index contributed by atoms with van der Waals surface area (Å²) in [5.41, 5.74) is 2.77. The van der Waals surface area contributed by atoms with Gasteiger partial charge in [0.05, 0.1) is 16.6 Å². The van der Waals surface area contributed by atoms with Crippen molar-refractivity contribution in [2.24, 2.45) is 0 Å². The van der Waals surface area contributed by atoms with Crippen molar-refractivity contribution in [3.8, 4) is 0 Å². The predicted octanol–water partition coefficient (Wildman–Crippen LogP) is 5.37. The molecule has 5 nitrogen and oxygen atoms in total. The van der Waals surface area contributed by atoms with Gasteiger partial charge in [-0.15, -0.1) is 0 Å². The summed E-state index contributed by atoms with van der Waals surface area (Å²) < 4.78 is 54.8. The average Bonchev–Trinajstić information content (AvgIpc) is 2.87. The van der Waals surface area contributed by atoms with Crippen molar-refractivity contribution in [2.75, 3.05) is 10.8 Å². The van der Waals surface area contributed by atoms with Crippen molar-refractivity contribution in [1.29, 1.82) is 0 Å². The normalized spacial score (nSPS) is 12.1. The number of nitrogens with one attached hydrogen (secondary N) is 1. The third kappa shape index (κ3) is 5.78. The zero-order chi connectivity index (χ0) is 25.7. The lowest BCUT2D eigenvalue weighted by Crippen LogP contribution is -2.42. The molecule has 0 aromatic heterocycles. The van der Waals surface area contributed by atoms with Crippen LogP contribution in [0.4, 0.5) is 14.5 Å². The Kier molecular flexibility index (Phi) is 7.45. The minimum atomic E-state index is -4.27. The molecule has 0 saturated heterocycles. The summed E-state index contributed by atoms with van der Waals surface area (Å²) in [6.45, 7) is 1.37. The molecule has 0 bridgehead atoms. The van der Waals surface area contributed by atoms with Crippen molar-refractivity contribution in [3.63, 3.8) is 0 Å². The number of carbonyl (C=O) groups is 1. The van der Waals surface area contributed by atoms with Gasteiger partial charge in [-0.1, -0.05) is 60.2 Å². The Morgan fingerprint density at radius 2 is 1.39 bits per heavy atom. The fraction of sp³-hybridized carbons (Fsp3) is 0.107. The van der Waals surface area contributed by atoms with Crippen LogP contribution in [0, 0.1) is 18.6 Å². The fourth-order valence-electron chi connectivity index (χ4n) is 3.85. The summed E-state index contributed by atoms with van der Waals surface area (Å²) in [4.78, 5) is 13.1. The molecule has 0 radical (unpaired) electrons. The van der Waals surface area contributed by atoms with Gasteiger partial charge in [0, 0.05) is 0 Å². The van der Waals surface area contributed by atoms with E-state index in [0.29, 0.717) is 0 Å². The molecule has 1 atom stereocenters. The van der Waals surface area contributed by atoms with E-state index in [4.69, 9.17) is 0 Å². The maximum Gasteiger partial charge on any atom is 0.264 e. The second-order valence-corrected chi connectivity index (χ2v) is 10.1. The molecule has 4 aromatic rings. The summed E-state index contributed by atoms with van der Waals surface area (Å²) in [6, 6.07) is 25.5. The number of benzene rings is 4. The number of aryl methyl sites for hydroxylation is 1. The van der Waals surface area contributed by atoms with E-state index in [9.17, 15) is 22.0 Å². The Labute approximate surface area is 209 Å². The molecular weight excluding hydrogens is 482 g/mol. The standard InChI is InChI=1S/C28H24F2N2O3S/c1-20-6-5-9-22(18-20)28(21-7-3-2-4-8-21)31-27(33)19-32(25-14-10-23(29)11-15-25)36(34,35)26-16-12-24(30)13-17-26/h2-18,28H,19H2,1H3,(H,31,33). The van der Waals surface area contributed by atoms with Gasteiger partial charge in [-0.3, -0.25) is 9.10 Å². The summed E-state index contributed by atoms with van der Waals surface area (Å²) in [6.07, 6.45) is 0. The molecule has 8 heteroatoms. The van der Waals surface area contributed by atoms with Crippen molar-refractivity contribution < 1.29 is 22.0 Å². The number of hydrogen-bond acceptors (Lipinski definition) is 3. The van der Waals surface area contributed by atoms with Crippen LogP contribution in [0.2, 0.25) is 0 Å². The summed E-state index contributed by atoms with van der Waals surface area (Å²) in [7, 11) is -4.27. The highest BCUT2D eigenvalue weighted by Gasteiger charge is 2.28. The SMILES string of the molecule is Cc1cccc(C(NC(=O)CN(c2ccc(F)cc2)S(=O)(=O)c2ccc(F)cc2)c2ccccc2)c1. The van der Waals surface area contributed by atoms with Crippen LogP contribution in [-0.4, -0.2) is 20.9 Å². The lowest BCUT2D eigenvalue weighted by atomic mass is 9.97. The van der Waals surface area contributed by atoms with Gasteiger partial charge in [-0.05, 0) is 66.6 Å². The van der Waals surface area contributed by atoms with Crippen LogP contribution in [0.15, 0.2) is 108 Å². The molecule has 184 valence electrons. The van der Waals surface area contributed by atoms with Gasteiger partial charge in [-0.25, -0.2) is 17.2 Å². The third-order valence-corrected chi connectivity index (χ3v) is 7.41. The molecule has 0 saturated carbocycles. The average molecular weight is 507 g/mol. The van der Waals surface area contributed by atoms with Gasteiger partial charge in [0.25, 0.3) is 10.0 Å². The largest absolute Gasteiger partial charge is 0.344 e. The van der Waals surface area contributed by atoms with Gasteiger partial charge < -0.3 is 5.32 Å². The van der Waals surface area contributed by atoms with Crippen molar-refractivity contribution in [1.82, 2.24) is 5.32 Å². The second-order valence-electron chi connectivity index (χ2n) is 8.27. The Morgan fingerprint density at radius 1 is 0.806 bits per heavy atom. The van der Waals surface area contributed by atoms with Gasteiger partial charge in [0.2, 0.25) is 5.91 Å². The van der Waals surface area contributed by atoms with E-state index in [1.54, 1.807) is 0 Å². The molecule has 0 fully saturated rings. The van der Waals surface area contributed by atoms with Crippen LogP contribution in [0.3, 0.4) is 0 Å². The molecule has 1 unspecified atom stereocenters. The number of sulfonamides is 1. The number of hydrogen-bond donors (Lipinski definition) is 1. The van der Waals surface area contributed by atoms with E-state index < -0.39 is 40.2 Å². The van der Waals surface area contributed by atoms with Crippen LogP contribution in [-0.2, 0) is 14.8 Å². The van der Waals surface area contributed by atoms with E-state index in [-0.39, 0.29) is 10.6 Å². The smallest absolute Gasteiger partial charge is 0.264 e. The molecule has 4 rings (SSSR count). The van der Waals surface area contributed by atoms with Crippen LogP contribution < -0.4 is 9.62 Å². The number of carbonyl (C=O) groups excluding carboxylic acids is 1. The molecule has 0 heterocycles. The van der Waals surface area contributed by atoms with Crippen molar-refractivity contribution in [2.45, 2.75) is 17.9 Å². The summed E-state index contributed by atoms with van der Waals surface area (Å²) >= 11 is 0. The van der Waals surface area contributed by atoms with E-state index >= 15 is 0 Å². The first-order valence-corrected chi connectivity index (χ1v) is 12.6. The van der Waals surface area contributed by atoms with Crippen LogP contribution >= 0.6 is 0 Å². The number of halogens is 2. The maximum absolute atomic E-state index is 13.6. The van der Waals surface area contributed by atoms with E-state index in [1.807, 2.05) is 61.5 Å². The topological polar surface area (TPSA) is 66.5 Å². The van der Waals surface area contributed by atoms with Gasteiger partial charge >= 0.3 is 0 Å². The van der Waals surface area contributed by atoms with Gasteiger partial charge in [0.15, 0.2) is 0 Å². The third-order valence-electron chi connectivity index (χ3n) is 5.62. The van der Waals surface area contributed by atoms with Crippen LogP contribution in [0.25, 0.3) is 0 Å². The maximum atomic E-state index is 13.6. The summed E-state index contributed by atoms with van der Waals surface area (Å²) in [5.74, 6) is -1.71. The second kappa shape index (κ2) is 10.7. The van der Waals surface area contributed by atoms with Gasteiger partial charge in [-0.2, -0.15) is 0 Å². The van der Waals surface area contributed by atoms with Crippen molar-refractivity contribution in [3.05, 3.63) is 131 Å². The Morgan fingerprint density at radius 3 is 2.00 bits per heavy atom. The minimum absolute atomic E-state index is 0.0997. The first-order valence-electron chi connectivity index (χ1n) is 11.2. The molecule has 1 N–H and O–H groups in total. The van der Waals surface area contributed by atoms with Crippen molar-refractivity contribution >= 4 is 21.6 Å². The number of anilines is 1. The van der Waals surface area contributed by atoms with Crippen LogP contribution in [0.5, 0.6) is 0 Å². The van der Waals surface area contributed by atoms with E-state index in [0.717, 1.165) is 57.4 Å². The number of amides is 1. The minimum Gasteiger partial charge on any atom is -0.344 e. The first kappa shape index (κ1) is 25.1. The predicted molar refractivity (Wildman–Crippen MR) is 135 cm³/mol. The zero-order valence-corrected chi connectivity index (χ0v) is 20.3. The molecule has 36 heavy (non-hydrogen) atoms. The first-order chi connectivity index (χ1) is 17.2. The molecule has 0 spiro atoms. The zero-order valence-electron chi connectivity index (χ0n) is 19.4. The molecular formula is C28H24F2N2O3S. The monoisotopic (exact) mass is 506 g/mol. The number of rotatable bonds is 8. The molecule has 0 aliphatic rings. The molecule has 0 aliphatic carbocycles. The molecule has 4 aromatic carbocycles. The molecule has 0 aliphatic heterocycles. The lowest BCUT2D eigenvalue weighted by molar-refractivity contribution is -0.120.